The third-order valence-electron chi connectivity index (χ3n) is 2.68. The summed E-state index contributed by atoms with van der Waals surface area (Å²) < 4.78 is 0.841. The van der Waals surface area contributed by atoms with Gasteiger partial charge in [0, 0.05) is 9.26 Å². The lowest BCUT2D eigenvalue weighted by Crippen LogP contribution is -2.33. The van der Waals surface area contributed by atoms with Crippen LogP contribution in [0.2, 0.25) is 0 Å². The van der Waals surface area contributed by atoms with Crippen molar-refractivity contribution in [3.8, 4) is 0 Å². The van der Waals surface area contributed by atoms with E-state index >= 15 is 0 Å². The van der Waals surface area contributed by atoms with Gasteiger partial charge in [-0.15, -0.1) is 0 Å². The summed E-state index contributed by atoms with van der Waals surface area (Å²) in [7, 11) is 0. The van der Waals surface area contributed by atoms with Crippen molar-refractivity contribution in [3.63, 3.8) is 0 Å². The van der Waals surface area contributed by atoms with Crippen molar-refractivity contribution in [2.24, 2.45) is 0 Å². The Bertz CT molecular complexity index is 673. The Morgan fingerprint density at radius 3 is 2.62 bits per heavy atom. The maximum atomic E-state index is 12.0. The van der Waals surface area contributed by atoms with Crippen LogP contribution in [-0.2, 0) is 4.79 Å². The number of benzene rings is 1. The number of pyridine rings is 1. The molecule has 2 N–H and O–H groups in total. The number of aromatic nitrogens is 1. The lowest BCUT2D eigenvalue weighted by Gasteiger charge is -2.08. The number of aryl methyl sites for hydroxylation is 1. The van der Waals surface area contributed by atoms with E-state index < -0.39 is 0 Å². The van der Waals surface area contributed by atoms with Crippen LogP contribution >= 0.6 is 22.6 Å². The van der Waals surface area contributed by atoms with E-state index in [-0.39, 0.29) is 18.4 Å². The first-order chi connectivity index (χ1) is 10.1. The molecule has 0 bridgehead atoms. The van der Waals surface area contributed by atoms with Crippen molar-refractivity contribution in [3.05, 3.63) is 57.3 Å². The molecule has 0 saturated heterocycles. The van der Waals surface area contributed by atoms with Gasteiger partial charge in [-0.05, 0) is 53.8 Å². The molecular formula is C15H14IN3O2. The van der Waals surface area contributed by atoms with Crippen LogP contribution in [0.25, 0.3) is 0 Å². The van der Waals surface area contributed by atoms with Crippen molar-refractivity contribution in [1.82, 2.24) is 10.3 Å². The Morgan fingerprint density at radius 2 is 1.90 bits per heavy atom. The Balaban J connectivity index is 1.90. The quantitative estimate of drug-likeness (QED) is 0.781. The molecule has 21 heavy (non-hydrogen) atoms. The van der Waals surface area contributed by atoms with Crippen LogP contribution in [-0.4, -0.2) is 23.3 Å². The average Bonchev–Trinajstić information content (AvgIpc) is 2.45. The minimum atomic E-state index is -0.313. The minimum Gasteiger partial charge on any atom is -0.343 e. The molecule has 0 spiro atoms. The second kappa shape index (κ2) is 7.16. The van der Waals surface area contributed by atoms with Crippen molar-refractivity contribution in [2.75, 3.05) is 11.9 Å². The van der Waals surface area contributed by atoms with Crippen LogP contribution in [0.4, 0.5) is 5.82 Å². The summed E-state index contributed by atoms with van der Waals surface area (Å²) in [5.74, 6) is -0.108. The first-order valence-electron chi connectivity index (χ1n) is 6.32. The Morgan fingerprint density at radius 1 is 1.14 bits per heavy atom. The fourth-order valence-electron chi connectivity index (χ4n) is 1.70. The molecule has 2 amide bonds. The van der Waals surface area contributed by atoms with Gasteiger partial charge in [-0.2, -0.15) is 0 Å². The smallest absolute Gasteiger partial charge is 0.252 e. The first-order valence-corrected chi connectivity index (χ1v) is 7.40. The van der Waals surface area contributed by atoms with Crippen molar-refractivity contribution in [2.45, 2.75) is 6.92 Å². The van der Waals surface area contributed by atoms with E-state index in [2.05, 4.69) is 38.2 Å². The normalized spacial score (nSPS) is 10.0. The summed E-state index contributed by atoms with van der Waals surface area (Å²) in [5, 5.41) is 5.23. The maximum Gasteiger partial charge on any atom is 0.252 e. The molecule has 1 aromatic heterocycles. The fraction of sp³-hybridized carbons (Fsp3) is 0.133. The topological polar surface area (TPSA) is 71.1 Å². The molecule has 1 aromatic carbocycles. The van der Waals surface area contributed by atoms with E-state index in [0.717, 1.165) is 9.26 Å². The molecule has 5 nitrogen and oxygen atoms in total. The summed E-state index contributed by atoms with van der Waals surface area (Å²) >= 11 is 2.08. The molecule has 1 heterocycles. The molecule has 0 unspecified atom stereocenters. The second-order valence-electron chi connectivity index (χ2n) is 4.37. The monoisotopic (exact) mass is 395 g/mol. The number of nitrogens with zero attached hydrogens (tertiary/aromatic N) is 1. The average molecular weight is 395 g/mol. The summed E-state index contributed by atoms with van der Waals surface area (Å²) in [6.45, 7) is 1.74. The number of carbonyl (C=O) groups is 2. The number of hydrogen-bond acceptors (Lipinski definition) is 3. The molecule has 0 radical (unpaired) electrons. The Labute approximate surface area is 136 Å². The summed E-state index contributed by atoms with van der Waals surface area (Å²) in [5.41, 5.74) is 1.37. The summed E-state index contributed by atoms with van der Waals surface area (Å²) in [6, 6.07) is 12.6. The highest BCUT2D eigenvalue weighted by Crippen LogP contribution is 2.10. The minimum absolute atomic E-state index is 0.0978. The van der Waals surface area contributed by atoms with E-state index in [9.17, 15) is 9.59 Å². The lowest BCUT2D eigenvalue weighted by atomic mass is 10.2. The molecule has 108 valence electrons. The first kappa shape index (κ1) is 15.4. The fourth-order valence-corrected chi connectivity index (χ4v) is 2.33. The van der Waals surface area contributed by atoms with Crippen LogP contribution in [0.3, 0.4) is 0 Å². The van der Waals surface area contributed by atoms with Crippen LogP contribution in [0.15, 0.2) is 42.5 Å². The number of rotatable bonds is 4. The van der Waals surface area contributed by atoms with Gasteiger partial charge < -0.3 is 10.6 Å². The molecule has 0 aliphatic heterocycles. The van der Waals surface area contributed by atoms with Crippen molar-refractivity contribution >= 4 is 40.2 Å². The van der Waals surface area contributed by atoms with Gasteiger partial charge in [-0.3, -0.25) is 9.59 Å². The van der Waals surface area contributed by atoms with Gasteiger partial charge in [-0.1, -0.05) is 18.2 Å². The van der Waals surface area contributed by atoms with Crippen molar-refractivity contribution in [1.29, 1.82) is 0 Å². The predicted molar refractivity (Wildman–Crippen MR) is 89.1 cm³/mol. The zero-order valence-electron chi connectivity index (χ0n) is 11.4. The maximum absolute atomic E-state index is 12.0. The van der Waals surface area contributed by atoms with Gasteiger partial charge >= 0.3 is 0 Å². The van der Waals surface area contributed by atoms with E-state index in [1.165, 1.54) is 0 Å². The lowest BCUT2D eigenvalue weighted by molar-refractivity contribution is -0.115. The van der Waals surface area contributed by atoms with Gasteiger partial charge in [0.15, 0.2) is 0 Å². The van der Waals surface area contributed by atoms with Crippen LogP contribution in [0.5, 0.6) is 0 Å². The molecule has 6 heteroatoms. The van der Waals surface area contributed by atoms with Crippen LogP contribution in [0.1, 0.15) is 16.1 Å². The molecule has 0 saturated carbocycles. The third kappa shape index (κ3) is 4.52. The number of halogens is 1. The second-order valence-corrected chi connectivity index (χ2v) is 5.54. The SMILES string of the molecule is Cc1cccc(NC(=O)CNC(=O)c2ccccc2I)n1. The van der Waals surface area contributed by atoms with E-state index in [1.807, 2.05) is 31.2 Å². The number of nitrogens with one attached hydrogen (secondary N) is 2. The van der Waals surface area contributed by atoms with E-state index in [4.69, 9.17) is 0 Å². The Kier molecular flexibility index (Phi) is 5.26. The highest BCUT2D eigenvalue weighted by molar-refractivity contribution is 14.1. The zero-order chi connectivity index (χ0) is 15.2. The molecule has 0 aliphatic carbocycles. The number of amides is 2. The highest BCUT2D eigenvalue weighted by Gasteiger charge is 2.11. The molecular weight excluding hydrogens is 381 g/mol. The number of carbonyl (C=O) groups excluding carboxylic acids is 2. The third-order valence-corrected chi connectivity index (χ3v) is 3.62. The van der Waals surface area contributed by atoms with Gasteiger partial charge in [-0.25, -0.2) is 4.98 Å². The standard InChI is InChI=1S/C15H14IN3O2/c1-10-5-4-8-13(18-10)19-14(20)9-17-15(21)11-6-2-3-7-12(11)16/h2-8H,9H2,1H3,(H,17,21)(H,18,19,20). The summed E-state index contributed by atoms with van der Waals surface area (Å²) in [4.78, 5) is 27.9. The molecule has 2 rings (SSSR count). The van der Waals surface area contributed by atoms with Crippen molar-refractivity contribution < 1.29 is 9.59 Å². The number of hydrogen-bond donors (Lipinski definition) is 2. The highest BCUT2D eigenvalue weighted by atomic mass is 127. The van der Waals surface area contributed by atoms with Gasteiger partial charge in [0.1, 0.15) is 5.82 Å². The predicted octanol–water partition coefficient (Wildman–Crippen LogP) is 2.36. The van der Waals surface area contributed by atoms with E-state index in [1.54, 1.807) is 18.2 Å². The summed E-state index contributed by atoms with van der Waals surface area (Å²) in [6.07, 6.45) is 0. The number of anilines is 1. The Hall–Kier alpha value is -1.96. The largest absolute Gasteiger partial charge is 0.343 e. The van der Waals surface area contributed by atoms with Crippen LogP contribution < -0.4 is 10.6 Å². The van der Waals surface area contributed by atoms with Crippen LogP contribution in [0, 0.1) is 10.5 Å². The molecule has 0 fully saturated rings. The zero-order valence-corrected chi connectivity index (χ0v) is 13.5. The van der Waals surface area contributed by atoms with E-state index in [0.29, 0.717) is 11.4 Å². The van der Waals surface area contributed by atoms with Gasteiger partial charge in [0.05, 0.1) is 12.1 Å². The molecule has 2 aromatic rings. The molecule has 0 aliphatic rings. The molecule has 0 atom stereocenters. The van der Waals surface area contributed by atoms with Gasteiger partial charge in [0.2, 0.25) is 5.91 Å². The van der Waals surface area contributed by atoms with Gasteiger partial charge in [0.25, 0.3) is 5.91 Å².